The van der Waals surface area contributed by atoms with Gasteiger partial charge in [-0.25, -0.2) is 9.64 Å². The molecule has 3 rings (SSSR count). The number of hydrogen-bond donors (Lipinski definition) is 1. The highest BCUT2D eigenvalue weighted by molar-refractivity contribution is 5.90. The van der Waals surface area contributed by atoms with Gasteiger partial charge in [0.25, 0.3) is 0 Å². The van der Waals surface area contributed by atoms with E-state index in [2.05, 4.69) is 9.74 Å². The van der Waals surface area contributed by atoms with Crippen LogP contribution in [-0.2, 0) is 11.2 Å². The number of carbonyl (C=O) groups excluding carboxylic acids is 1. The molecule has 0 spiro atoms. The van der Waals surface area contributed by atoms with Crippen LogP contribution < -0.4 is 4.90 Å². The van der Waals surface area contributed by atoms with Crippen molar-refractivity contribution in [2.45, 2.75) is 51.2 Å². The van der Waals surface area contributed by atoms with Crippen LogP contribution in [0.5, 0.6) is 0 Å². The zero-order valence-electron chi connectivity index (χ0n) is 20.2. The predicted octanol–water partition coefficient (Wildman–Crippen LogP) is 4.70. The molecule has 0 amide bonds. The van der Waals surface area contributed by atoms with Gasteiger partial charge in [0.15, 0.2) is 5.69 Å². The number of hydrogen-bond acceptors (Lipinski definition) is 5. The molecule has 0 aromatic heterocycles. The van der Waals surface area contributed by atoms with E-state index in [0.717, 1.165) is 38.0 Å². The number of likely N-dealkylation sites (N-methyl/N-ethyl adjacent to an activating group) is 1. The Morgan fingerprint density at radius 3 is 2.45 bits per heavy atom. The molecule has 0 radical (unpaired) electrons. The maximum absolute atomic E-state index is 12.2. The molecule has 1 aliphatic rings. The summed E-state index contributed by atoms with van der Waals surface area (Å²) in [5.74, 6) is -0.331. The van der Waals surface area contributed by atoms with Crippen molar-refractivity contribution in [2.75, 3.05) is 38.1 Å². The Balaban J connectivity index is 1.55. The molecule has 2 aromatic rings. The number of ether oxygens (including phenoxy) is 1. The molecule has 0 aliphatic carbocycles. The fraction of sp³-hybridized carbons (Fsp3) is 0.481. The number of β-amino-alcohol motifs (C(OH)–C–C–N with tert-alkyl or cyclic N) is 1. The quantitative estimate of drug-likeness (QED) is 0.491. The van der Waals surface area contributed by atoms with E-state index in [1.54, 1.807) is 12.1 Å². The van der Waals surface area contributed by atoms with E-state index in [-0.39, 0.29) is 5.97 Å². The minimum Gasteiger partial charge on any atom is -0.456 e. The Kier molecular flexibility index (Phi) is 7.78. The van der Waals surface area contributed by atoms with Crippen LogP contribution in [-0.4, -0.2) is 60.4 Å². The summed E-state index contributed by atoms with van der Waals surface area (Å²) in [5.41, 5.74) is 2.03. The molecule has 0 saturated carbocycles. The second-order valence-corrected chi connectivity index (χ2v) is 10.0. The zero-order valence-corrected chi connectivity index (χ0v) is 20.2. The van der Waals surface area contributed by atoms with Crippen molar-refractivity contribution in [3.05, 3.63) is 71.1 Å². The van der Waals surface area contributed by atoms with E-state index in [0.29, 0.717) is 24.3 Å². The molecule has 1 N–H and O–H groups in total. The lowest BCUT2D eigenvalue weighted by Crippen LogP contribution is -2.54. The number of esters is 1. The minimum absolute atomic E-state index is 0.331. The molecule has 0 bridgehead atoms. The van der Waals surface area contributed by atoms with Crippen LogP contribution in [0.2, 0.25) is 0 Å². The first-order valence-electron chi connectivity index (χ1n) is 11.5. The van der Waals surface area contributed by atoms with Gasteiger partial charge in [-0.2, -0.15) is 0 Å². The number of benzene rings is 2. The standard InChI is InChI=1S/C27H35N3O3/c1-26(2,3)33-25(31)22-9-13-24(14-10-22)29(5)19-27(32)16-6-17-30(20-27)18-15-21-7-11-23(28-4)12-8-21/h7-14,32H,6,15-20H2,1-3,5H3. The van der Waals surface area contributed by atoms with Crippen molar-refractivity contribution < 1.29 is 14.6 Å². The van der Waals surface area contributed by atoms with Gasteiger partial charge in [-0.3, -0.25) is 0 Å². The number of likely N-dealkylation sites (tertiary alicyclic amines) is 1. The molecule has 1 saturated heterocycles. The lowest BCUT2D eigenvalue weighted by Gasteiger charge is -2.41. The lowest BCUT2D eigenvalue weighted by atomic mass is 9.91. The highest BCUT2D eigenvalue weighted by atomic mass is 16.6. The van der Waals surface area contributed by atoms with E-state index < -0.39 is 11.2 Å². The van der Waals surface area contributed by atoms with Crippen LogP contribution in [0.25, 0.3) is 4.85 Å². The third-order valence-electron chi connectivity index (χ3n) is 5.89. The Bertz CT molecular complexity index is 974. The second kappa shape index (κ2) is 10.4. The van der Waals surface area contributed by atoms with Gasteiger partial charge in [-0.15, -0.1) is 0 Å². The first-order valence-corrected chi connectivity index (χ1v) is 11.5. The summed E-state index contributed by atoms with van der Waals surface area (Å²) in [4.78, 5) is 20.1. The van der Waals surface area contributed by atoms with Gasteiger partial charge in [0.05, 0.1) is 17.7 Å². The van der Waals surface area contributed by atoms with Gasteiger partial charge < -0.3 is 19.6 Å². The molecule has 1 unspecified atom stereocenters. The van der Waals surface area contributed by atoms with E-state index in [4.69, 9.17) is 11.3 Å². The van der Waals surface area contributed by atoms with E-state index >= 15 is 0 Å². The summed E-state index contributed by atoms with van der Waals surface area (Å²) in [6.07, 6.45) is 2.62. The van der Waals surface area contributed by atoms with Crippen LogP contribution in [0, 0.1) is 6.57 Å². The highest BCUT2D eigenvalue weighted by Gasteiger charge is 2.34. The predicted molar refractivity (Wildman–Crippen MR) is 132 cm³/mol. The van der Waals surface area contributed by atoms with E-state index in [9.17, 15) is 9.90 Å². The molecule has 1 heterocycles. The maximum atomic E-state index is 12.2. The van der Waals surface area contributed by atoms with Gasteiger partial charge in [0, 0.05) is 32.4 Å². The van der Waals surface area contributed by atoms with Crippen molar-refractivity contribution in [3.63, 3.8) is 0 Å². The summed E-state index contributed by atoms with van der Waals surface area (Å²) >= 11 is 0. The van der Waals surface area contributed by atoms with Gasteiger partial charge in [-0.05, 0) is 76.4 Å². The van der Waals surface area contributed by atoms with Gasteiger partial charge in [0.1, 0.15) is 5.60 Å². The molecule has 1 fully saturated rings. The molecular formula is C27H35N3O3. The number of nitrogens with zero attached hydrogens (tertiary/aromatic N) is 3. The van der Waals surface area contributed by atoms with Crippen LogP contribution in [0.4, 0.5) is 11.4 Å². The first kappa shape index (κ1) is 24.8. The minimum atomic E-state index is -0.787. The largest absolute Gasteiger partial charge is 0.456 e. The summed E-state index contributed by atoms with van der Waals surface area (Å²) in [7, 11) is 1.97. The summed E-state index contributed by atoms with van der Waals surface area (Å²) in [6.45, 7) is 15.6. The monoisotopic (exact) mass is 449 g/mol. The number of rotatable bonds is 7. The zero-order chi connectivity index (χ0) is 24.1. The van der Waals surface area contributed by atoms with E-state index in [1.807, 2.05) is 69.1 Å². The Labute approximate surface area is 197 Å². The fourth-order valence-corrected chi connectivity index (χ4v) is 4.27. The van der Waals surface area contributed by atoms with Crippen molar-refractivity contribution in [1.82, 2.24) is 4.90 Å². The first-order chi connectivity index (χ1) is 15.6. The second-order valence-electron chi connectivity index (χ2n) is 10.0. The molecule has 6 heteroatoms. The Hall–Kier alpha value is -2.88. The summed E-state index contributed by atoms with van der Waals surface area (Å²) in [5, 5.41) is 11.3. The molecule has 2 aromatic carbocycles. The van der Waals surface area contributed by atoms with Crippen molar-refractivity contribution >= 4 is 17.3 Å². The molecule has 1 aliphatic heterocycles. The smallest absolute Gasteiger partial charge is 0.338 e. The lowest BCUT2D eigenvalue weighted by molar-refractivity contribution is -0.0234. The number of piperidine rings is 1. The van der Waals surface area contributed by atoms with Crippen molar-refractivity contribution in [2.24, 2.45) is 0 Å². The van der Waals surface area contributed by atoms with E-state index in [1.165, 1.54) is 5.56 Å². The van der Waals surface area contributed by atoms with Gasteiger partial charge in [0.2, 0.25) is 0 Å². The van der Waals surface area contributed by atoms with Crippen LogP contribution in [0.1, 0.15) is 49.5 Å². The SMILES string of the molecule is [C-]#[N+]c1ccc(CCN2CCCC(O)(CN(C)c3ccc(C(=O)OC(C)(C)C)cc3)C2)cc1. The highest BCUT2D eigenvalue weighted by Crippen LogP contribution is 2.25. The molecule has 6 nitrogen and oxygen atoms in total. The molecule has 33 heavy (non-hydrogen) atoms. The van der Waals surface area contributed by atoms with Crippen LogP contribution in [0.15, 0.2) is 48.5 Å². The van der Waals surface area contributed by atoms with Gasteiger partial charge >= 0.3 is 5.97 Å². The summed E-state index contributed by atoms with van der Waals surface area (Å²) < 4.78 is 5.43. The molecular weight excluding hydrogens is 414 g/mol. The molecule has 1 atom stereocenters. The maximum Gasteiger partial charge on any atom is 0.338 e. The van der Waals surface area contributed by atoms with Crippen molar-refractivity contribution in [3.8, 4) is 0 Å². The summed E-state index contributed by atoms with van der Waals surface area (Å²) in [6, 6.07) is 15.1. The van der Waals surface area contributed by atoms with Crippen LogP contribution >= 0.6 is 0 Å². The van der Waals surface area contributed by atoms with Crippen LogP contribution in [0.3, 0.4) is 0 Å². The van der Waals surface area contributed by atoms with Crippen molar-refractivity contribution in [1.29, 1.82) is 0 Å². The van der Waals surface area contributed by atoms with Gasteiger partial charge in [-0.1, -0.05) is 24.3 Å². The fourth-order valence-electron chi connectivity index (χ4n) is 4.27. The topological polar surface area (TPSA) is 57.4 Å². The number of carbonyl (C=O) groups is 1. The number of anilines is 1. The average molecular weight is 450 g/mol. The Morgan fingerprint density at radius 2 is 1.85 bits per heavy atom. The Morgan fingerprint density at radius 1 is 1.18 bits per heavy atom. The third-order valence-corrected chi connectivity index (χ3v) is 5.89. The molecule has 176 valence electrons. The normalized spacial score (nSPS) is 19.0. The average Bonchev–Trinajstić information content (AvgIpc) is 2.77. The third kappa shape index (κ3) is 7.31. The number of aliphatic hydroxyl groups is 1.